The summed E-state index contributed by atoms with van der Waals surface area (Å²) in [5, 5.41) is 14.2. The van der Waals surface area contributed by atoms with E-state index in [1.54, 1.807) is 18.2 Å². The number of anilines is 1. The Balaban J connectivity index is 1.35. The fraction of sp³-hybridized carbons (Fsp3) is 0.0870. The van der Waals surface area contributed by atoms with Crippen molar-refractivity contribution in [3.8, 4) is 5.88 Å². The van der Waals surface area contributed by atoms with Crippen LogP contribution in [0.3, 0.4) is 0 Å². The van der Waals surface area contributed by atoms with E-state index >= 15 is 0 Å². The van der Waals surface area contributed by atoms with Gasteiger partial charge in [-0.3, -0.25) is 9.10 Å². The molecule has 1 aromatic carbocycles. The largest absolute Gasteiger partial charge is 0.504 e. The standard InChI is InChI=1S/C23H17ClN4O5S2/c1-28-20(21(29)22-16(35(28,31)32)11-17(24)34-22)23(30)27-18-8-4-6-14(25-18)12-33-19-10-9-13-5-2-3-7-15(13)26-19/h2-11,29H,12H2,1H3,(H,25,27,30). The Labute approximate surface area is 209 Å². The molecular formula is C23H17ClN4O5S2. The number of para-hydroxylation sites is 1. The van der Waals surface area contributed by atoms with Gasteiger partial charge in [0.05, 0.1) is 20.4 Å². The number of thiophene rings is 1. The van der Waals surface area contributed by atoms with Crippen molar-refractivity contribution >= 4 is 61.3 Å². The number of ether oxygens (including phenoxy) is 1. The molecule has 4 aromatic rings. The van der Waals surface area contributed by atoms with Crippen LogP contribution in [0.15, 0.2) is 71.3 Å². The quantitative estimate of drug-likeness (QED) is 0.393. The van der Waals surface area contributed by atoms with Crippen molar-refractivity contribution in [2.24, 2.45) is 0 Å². The lowest BCUT2D eigenvalue weighted by Gasteiger charge is -2.26. The summed E-state index contributed by atoms with van der Waals surface area (Å²) in [6, 6.07) is 17.5. The van der Waals surface area contributed by atoms with Crippen LogP contribution in [0.5, 0.6) is 5.88 Å². The summed E-state index contributed by atoms with van der Waals surface area (Å²) in [6.07, 6.45) is 0. The van der Waals surface area contributed by atoms with Crippen LogP contribution in [0.4, 0.5) is 5.82 Å². The molecule has 1 amide bonds. The summed E-state index contributed by atoms with van der Waals surface area (Å²) in [6.45, 7) is 0.0916. The minimum atomic E-state index is -4.05. The van der Waals surface area contributed by atoms with Gasteiger partial charge in [0.15, 0.2) is 11.5 Å². The highest BCUT2D eigenvalue weighted by molar-refractivity contribution is 7.89. The Bertz CT molecular complexity index is 1620. The van der Waals surface area contributed by atoms with Gasteiger partial charge in [0.2, 0.25) is 5.88 Å². The molecule has 3 aromatic heterocycles. The first kappa shape index (κ1) is 23.1. The van der Waals surface area contributed by atoms with Gasteiger partial charge in [-0.1, -0.05) is 35.9 Å². The molecule has 1 aliphatic heterocycles. The van der Waals surface area contributed by atoms with Crippen molar-refractivity contribution in [1.82, 2.24) is 14.3 Å². The van der Waals surface area contributed by atoms with Gasteiger partial charge in [0.1, 0.15) is 17.3 Å². The number of hydrogen-bond donors (Lipinski definition) is 2. The number of pyridine rings is 2. The second kappa shape index (κ2) is 8.84. The van der Waals surface area contributed by atoms with E-state index in [0.717, 1.165) is 26.5 Å². The molecule has 35 heavy (non-hydrogen) atoms. The third-order valence-corrected chi connectivity index (χ3v) is 8.45. The zero-order chi connectivity index (χ0) is 24.7. The molecule has 4 heterocycles. The SMILES string of the molecule is CN1C(C(=O)Nc2cccc(COc3ccc4ccccc4n3)n2)=C(O)c2sc(Cl)cc2S1(=O)=O. The van der Waals surface area contributed by atoms with Gasteiger partial charge < -0.3 is 15.2 Å². The number of hydrogen-bond acceptors (Lipinski definition) is 8. The molecule has 0 unspecified atom stereocenters. The van der Waals surface area contributed by atoms with Gasteiger partial charge in [0, 0.05) is 18.5 Å². The maximum atomic E-state index is 13.0. The number of amides is 1. The molecule has 0 radical (unpaired) electrons. The molecule has 0 spiro atoms. The molecule has 12 heteroatoms. The lowest BCUT2D eigenvalue weighted by molar-refractivity contribution is -0.113. The highest BCUT2D eigenvalue weighted by Crippen LogP contribution is 2.41. The fourth-order valence-electron chi connectivity index (χ4n) is 3.56. The number of aliphatic hydroxyl groups is 1. The predicted molar refractivity (Wildman–Crippen MR) is 133 cm³/mol. The Morgan fingerprint density at radius 1 is 1.14 bits per heavy atom. The third kappa shape index (κ3) is 4.29. The Morgan fingerprint density at radius 3 is 2.77 bits per heavy atom. The van der Waals surface area contributed by atoms with Gasteiger partial charge in [-0.15, -0.1) is 11.3 Å². The number of rotatable bonds is 5. The van der Waals surface area contributed by atoms with E-state index in [-0.39, 0.29) is 26.5 Å². The summed E-state index contributed by atoms with van der Waals surface area (Å²) in [4.78, 5) is 21.6. The first-order valence-corrected chi connectivity index (χ1v) is 12.9. The molecule has 0 bridgehead atoms. The maximum Gasteiger partial charge on any atom is 0.278 e. The lowest BCUT2D eigenvalue weighted by atomic mass is 10.2. The molecule has 0 saturated carbocycles. The summed E-state index contributed by atoms with van der Waals surface area (Å²) in [7, 11) is -2.87. The zero-order valence-electron chi connectivity index (χ0n) is 18.1. The van der Waals surface area contributed by atoms with Crippen LogP contribution in [0.25, 0.3) is 16.7 Å². The van der Waals surface area contributed by atoms with E-state index in [9.17, 15) is 18.3 Å². The smallest absolute Gasteiger partial charge is 0.278 e. The van der Waals surface area contributed by atoms with Gasteiger partial charge in [0.25, 0.3) is 15.9 Å². The topological polar surface area (TPSA) is 122 Å². The third-order valence-electron chi connectivity index (χ3n) is 5.26. The van der Waals surface area contributed by atoms with E-state index < -0.39 is 27.4 Å². The van der Waals surface area contributed by atoms with Crippen LogP contribution < -0.4 is 10.1 Å². The van der Waals surface area contributed by atoms with Crippen molar-refractivity contribution < 1.29 is 23.1 Å². The molecule has 178 valence electrons. The first-order chi connectivity index (χ1) is 16.7. The van der Waals surface area contributed by atoms with Crippen molar-refractivity contribution in [1.29, 1.82) is 0 Å². The van der Waals surface area contributed by atoms with Crippen molar-refractivity contribution in [3.63, 3.8) is 0 Å². The summed E-state index contributed by atoms with van der Waals surface area (Å²) in [5.41, 5.74) is 0.876. The van der Waals surface area contributed by atoms with Crippen molar-refractivity contribution in [3.05, 3.63) is 81.3 Å². The molecule has 1 aliphatic rings. The number of benzene rings is 1. The van der Waals surface area contributed by atoms with Crippen LogP contribution in [0, 0.1) is 0 Å². The number of carbonyl (C=O) groups excluding carboxylic acids is 1. The molecule has 5 rings (SSSR count). The lowest BCUT2D eigenvalue weighted by Crippen LogP contribution is -2.36. The van der Waals surface area contributed by atoms with Crippen molar-refractivity contribution in [2.45, 2.75) is 11.5 Å². The number of halogens is 1. The van der Waals surface area contributed by atoms with E-state index in [1.807, 2.05) is 30.3 Å². The first-order valence-electron chi connectivity index (χ1n) is 10.2. The number of nitrogens with zero attached hydrogens (tertiary/aromatic N) is 3. The predicted octanol–water partition coefficient (Wildman–Crippen LogP) is 4.42. The molecule has 9 nitrogen and oxygen atoms in total. The van der Waals surface area contributed by atoms with Gasteiger partial charge in [-0.25, -0.2) is 18.4 Å². The normalized spacial score (nSPS) is 14.6. The summed E-state index contributed by atoms with van der Waals surface area (Å²) >= 11 is 6.81. The van der Waals surface area contributed by atoms with Gasteiger partial charge in [-0.2, -0.15) is 0 Å². The maximum absolute atomic E-state index is 13.0. The highest BCUT2D eigenvalue weighted by Gasteiger charge is 2.39. The molecule has 0 atom stereocenters. The van der Waals surface area contributed by atoms with Crippen LogP contribution in [-0.2, 0) is 21.4 Å². The number of carbonyl (C=O) groups is 1. The van der Waals surface area contributed by atoms with E-state index in [4.69, 9.17) is 16.3 Å². The second-order valence-corrected chi connectivity index (χ2v) is 11.1. The molecule has 0 fully saturated rings. The highest BCUT2D eigenvalue weighted by atomic mass is 35.5. The summed E-state index contributed by atoms with van der Waals surface area (Å²) < 4.78 is 32.2. The van der Waals surface area contributed by atoms with Gasteiger partial charge in [-0.05, 0) is 30.3 Å². The Hall–Kier alpha value is -3.67. The zero-order valence-corrected chi connectivity index (χ0v) is 20.5. The second-order valence-electron chi connectivity index (χ2n) is 7.51. The molecule has 0 saturated heterocycles. The minimum Gasteiger partial charge on any atom is -0.504 e. The fourth-order valence-corrected chi connectivity index (χ4v) is 6.51. The van der Waals surface area contributed by atoms with Crippen molar-refractivity contribution in [2.75, 3.05) is 12.4 Å². The number of aliphatic hydroxyl groups excluding tert-OH is 1. The minimum absolute atomic E-state index is 0.0104. The molecule has 0 aliphatic carbocycles. The number of aromatic nitrogens is 2. The number of likely N-dealkylation sites (N-methyl/N-ethyl adjacent to an activating group) is 1. The molecular weight excluding hydrogens is 512 g/mol. The average molecular weight is 529 g/mol. The van der Waals surface area contributed by atoms with E-state index in [2.05, 4.69) is 15.3 Å². The van der Waals surface area contributed by atoms with Gasteiger partial charge >= 0.3 is 0 Å². The van der Waals surface area contributed by atoms with E-state index in [0.29, 0.717) is 11.6 Å². The average Bonchev–Trinajstić information content (AvgIpc) is 3.25. The van der Waals surface area contributed by atoms with Crippen LogP contribution in [0.1, 0.15) is 10.6 Å². The Kier molecular flexibility index (Phi) is 5.83. The number of fused-ring (bicyclic) bond motifs is 2. The molecule has 2 N–H and O–H groups in total. The van der Waals surface area contributed by atoms with E-state index in [1.165, 1.54) is 19.2 Å². The Morgan fingerprint density at radius 2 is 1.94 bits per heavy atom. The number of sulfonamides is 1. The number of nitrogens with one attached hydrogen (secondary N) is 1. The van der Waals surface area contributed by atoms with Crippen LogP contribution in [-0.4, -0.2) is 40.8 Å². The monoisotopic (exact) mass is 528 g/mol. The van der Waals surface area contributed by atoms with Crippen LogP contribution in [0.2, 0.25) is 4.34 Å². The van der Waals surface area contributed by atoms with Crippen LogP contribution >= 0.6 is 22.9 Å². The summed E-state index contributed by atoms with van der Waals surface area (Å²) in [5.74, 6) is -0.739.